The molecule has 1 aromatic rings. The summed E-state index contributed by atoms with van der Waals surface area (Å²) < 4.78 is 6.22. The van der Waals surface area contributed by atoms with Crippen LogP contribution in [0.5, 0.6) is 5.75 Å². The van der Waals surface area contributed by atoms with E-state index < -0.39 is 12.0 Å². The Kier molecular flexibility index (Phi) is 4.95. The number of ether oxygens (including phenoxy) is 1. The molecule has 0 radical (unpaired) electrons. The number of nitrogens with one attached hydrogen (secondary N) is 1. The van der Waals surface area contributed by atoms with Crippen LogP contribution in [0.2, 0.25) is 0 Å². The average molecular weight is 436 g/mol. The second kappa shape index (κ2) is 7.12. The highest BCUT2D eigenvalue weighted by Crippen LogP contribution is 2.60. The first-order valence-corrected chi connectivity index (χ1v) is 10.5. The van der Waals surface area contributed by atoms with Gasteiger partial charge in [0.1, 0.15) is 11.8 Å². The number of carbonyl (C=O) groups is 2. The summed E-state index contributed by atoms with van der Waals surface area (Å²) in [5.41, 5.74) is 0.425. The van der Waals surface area contributed by atoms with Crippen molar-refractivity contribution < 1.29 is 19.4 Å². The number of carboxylic acids is 1. The maximum atomic E-state index is 13.2. The Labute approximate surface area is 168 Å². The lowest BCUT2D eigenvalue weighted by Crippen LogP contribution is -2.56. The lowest BCUT2D eigenvalue weighted by atomic mass is 9.49. The molecule has 5 rings (SSSR count). The number of aliphatic carboxylic acids is 1. The Balaban J connectivity index is 1.52. The number of benzene rings is 1. The third kappa shape index (κ3) is 3.60. The molecule has 0 saturated heterocycles. The predicted octanol–water partition coefficient (Wildman–Crippen LogP) is 3.79. The fourth-order valence-electron chi connectivity index (χ4n) is 6.03. The van der Waals surface area contributed by atoms with Crippen molar-refractivity contribution in [1.29, 1.82) is 0 Å². The van der Waals surface area contributed by atoms with Crippen molar-refractivity contribution in [3.05, 3.63) is 28.2 Å². The van der Waals surface area contributed by atoms with Crippen molar-refractivity contribution >= 4 is 27.8 Å². The second-order valence-electron chi connectivity index (χ2n) is 8.72. The number of carbonyl (C=O) groups excluding carboxylic acids is 1. The quantitative estimate of drug-likeness (QED) is 0.712. The number of hydrogen-bond acceptors (Lipinski definition) is 3. The van der Waals surface area contributed by atoms with E-state index in [4.69, 9.17) is 4.74 Å². The summed E-state index contributed by atoms with van der Waals surface area (Å²) in [4.78, 5) is 25.1. The van der Waals surface area contributed by atoms with Crippen molar-refractivity contribution in [3.63, 3.8) is 0 Å². The van der Waals surface area contributed by atoms with Crippen LogP contribution < -0.4 is 10.1 Å². The molecule has 4 saturated carbocycles. The monoisotopic (exact) mass is 435 g/mol. The van der Waals surface area contributed by atoms with Crippen LogP contribution in [0, 0.1) is 23.2 Å². The van der Waals surface area contributed by atoms with Gasteiger partial charge < -0.3 is 15.2 Å². The zero-order valence-electron chi connectivity index (χ0n) is 15.5. The lowest BCUT2D eigenvalue weighted by Gasteiger charge is -2.55. The Morgan fingerprint density at radius 2 is 1.81 bits per heavy atom. The van der Waals surface area contributed by atoms with Crippen molar-refractivity contribution in [2.24, 2.45) is 23.2 Å². The van der Waals surface area contributed by atoms with Crippen LogP contribution in [0.1, 0.15) is 44.1 Å². The number of amides is 1. The molecule has 0 aliphatic heterocycles. The first-order chi connectivity index (χ1) is 12.9. The van der Waals surface area contributed by atoms with Gasteiger partial charge >= 0.3 is 5.97 Å². The zero-order valence-corrected chi connectivity index (χ0v) is 17.1. The number of hydrogen-bond donors (Lipinski definition) is 2. The summed E-state index contributed by atoms with van der Waals surface area (Å²) in [5.74, 6) is 1.52. The molecule has 146 valence electrons. The largest absolute Gasteiger partial charge is 0.496 e. The van der Waals surface area contributed by atoms with E-state index in [2.05, 4.69) is 21.2 Å². The summed E-state index contributed by atoms with van der Waals surface area (Å²) in [6, 6.07) is 4.56. The van der Waals surface area contributed by atoms with Crippen LogP contribution in [-0.2, 0) is 16.0 Å². The van der Waals surface area contributed by atoms with E-state index in [1.165, 1.54) is 19.3 Å². The molecule has 1 amide bonds. The van der Waals surface area contributed by atoms with Crippen molar-refractivity contribution in [3.8, 4) is 5.75 Å². The molecular formula is C21H26BrNO4. The van der Waals surface area contributed by atoms with E-state index >= 15 is 0 Å². The molecule has 4 fully saturated rings. The average Bonchev–Trinajstić information content (AvgIpc) is 2.60. The maximum absolute atomic E-state index is 13.2. The predicted molar refractivity (Wildman–Crippen MR) is 105 cm³/mol. The minimum atomic E-state index is -1.00. The first-order valence-electron chi connectivity index (χ1n) is 9.75. The van der Waals surface area contributed by atoms with Crippen LogP contribution in [0.15, 0.2) is 22.7 Å². The van der Waals surface area contributed by atoms with Gasteiger partial charge in [-0.05, 0) is 80.0 Å². The highest BCUT2D eigenvalue weighted by Gasteiger charge is 2.54. The Morgan fingerprint density at radius 1 is 1.22 bits per heavy atom. The normalized spacial score (nSPS) is 32.1. The van der Waals surface area contributed by atoms with Gasteiger partial charge in [-0.15, -0.1) is 0 Å². The summed E-state index contributed by atoms with van der Waals surface area (Å²) in [7, 11) is 1.57. The molecular weight excluding hydrogens is 410 g/mol. The highest BCUT2D eigenvalue weighted by molar-refractivity contribution is 9.10. The molecule has 0 spiro atoms. The van der Waals surface area contributed by atoms with Crippen molar-refractivity contribution in [2.45, 2.75) is 51.0 Å². The van der Waals surface area contributed by atoms with Gasteiger partial charge in [0.2, 0.25) is 5.91 Å². The van der Waals surface area contributed by atoms with Gasteiger partial charge in [-0.1, -0.05) is 15.9 Å². The summed E-state index contributed by atoms with van der Waals surface area (Å²) in [6.07, 6.45) is 6.75. The lowest BCUT2D eigenvalue weighted by molar-refractivity contribution is -0.151. The fraction of sp³-hybridized carbons (Fsp3) is 0.619. The molecule has 4 aliphatic carbocycles. The second-order valence-corrected chi connectivity index (χ2v) is 9.64. The minimum absolute atomic E-state index is 0.0528. The van der Waals surface area contributed by atoms with Crippen LogP contribution in [0.4, 0.5) is 0 Å². The van der Waals surface area contributed by atoms with E-state index in [-0.39, 0.29) is 17.7 Å². The topological polar surface area (TPSA) is 75.6 Å². The van der Waals surface area contributed by atoms with E-state index in [1.807, 2.05) is 12.1 Å². The van der Waals surface area contributed by atoms with Crippen LogP contribution in [0.3, 0.4) is 0 Å². The number of methoxy groups -OCH3 is 1. The SMILES string of the molecule is COc1ccc(Br)cc1CC(NC(=O)C12CC3CC(CC(C3)C1)C2)C(=O)O. The smallest absolute Gasteiger partial charge is 0.326 e. The molecule has 1 atom stereocenters. The summed E-state index contributed by atoms with van der Waals surface area (Å²) >= 11 is 3.42. The van der Waals surface area contributed by atoms with Gasteiger partial charge in [0.25, 0.3) is 0 Å². The fourth-order valence-corrected chi connectivity index (χ4v) is 6.44. The van der Waals surface area contributed by atoms with E-state index in [0.717, 1.165) is 29.3 Å². The molecule has 2 N–H and O–H groups in total. The minimum Gasteiger partial charge on any atom is -0.496 e. The Hall–Kier alpha value is -1.56. The third-order valence-corrected chi connectivity index (χ3v) is 7.28. The Morgan fingerprint density at radius 3 is 2.33 bits per heavy atom. The summed E-state index contributed by atoms with van der Waals surface area (Å²) in [6.45, 7) is 0. The van der Waals surface area contributed by atoms with Gasteiger partial charge in [-0.3, -0.25) is 4.79 Å². The molecule has 1 aromatic carbocycles. The molecule has 0 aromatic heterocycles. The highest BCUT2D eigenvalue weighted by atomic mass is 79.9. The molecule has 0 heterocycles. The Bertz CT molecular complexity index is 727. The molecule has 4 bridgehead atoms. The molecule has 27 heavy (non-hydrogen) atoms. The number of carboxylic acid groups (broad SMARTS) is 1. The van der Waals surface area contributed by atoms with Gasteiger partial charge in [-0.2, -0.15) is 0 Å². The number of halogens is 1. The van der Waals surface area contributed by atoms with E-state index in [1.54, 1.807) is 13.2 Å². The van der Waals surface area contributed by atoms with E-state index in [9.17, 15) is 14.7 Å². The molecule has 4 aliphatic rings. The van der Waals surface area contributed by atoms with Crippen LogP contribution in [0.25, 0.3) is 0 Å². The van der Waals surface area contributed by atoms with Crippen LogP contribution in [-0.4, -0.2) is 30.1 Å². The van der Waals surface area contributed by atoms with Gasteiger partial charge in [0.15, 0.2) is 0 Å². The molecule has 6 heteroatoms. The summed E-state index contributed by atoms with van der Waals surface area (Å²) in [5, 5.41) is 12.6. The van der Waals surface area contributed by atoms with Gasteiger partial charge in [0, 0.05) is 16.3 Å². The maximum Gasteiger partial charge on any atom is 0.326 e. The number of rotatable bonds is 6. The van der Waals surface area contributed by atoms with Gasteiger partial charge in [0.05, 0.1) is 7.11 Å². The third-order valence-electron chi connectivity index (χ3n) is 6.79. The zero-order chi connectivity index (χ0) is 19.2. The molecule has 1 unspecified atom stereocenters. The molecule has 5 nitrogen and oxygen atoms in total. The van der Waals surface area contributed by atoms with Gasteiger partial charge in [-0.25, -0.2) is 4.79 Å². The first kappa shape index (κ1) is 18.8. The van der Waals surface area contributed by atoms with Crippen LogP contribution >= 0.6 is 15.9 Å². The van der Waals surface area contributed by atoms with E-state index in [0.29, 0.717) is 23.5 Å². The standard InChI is InChI=1S/C21H26BrNO4/c1-27-18-3-2-16(22)7-15(18)8-17(19(24)25)23-20(26)21-9-12-4-13(10-21)6-14(5-12)11-21/h2-3,7,12-14,17H,4-6,8-11H2,1H3,(H,23,26)(H,24,25). The van der Waals surface area contributed by atoms with Crippen molar-refractivity contribution in [1.82, 2.24) is 5.32 Å². The van der Waals surface area contributed by atoms with Crippen molar-refractivity contribution in [2.75, 3.05) is 7.11 Å².